The number of aliphatic hydroxyl groups is 1. The minimum absolute atomic E-state index is 0.00164. The fraction of sp³-hybridized carbons (Fsp3) is 0.429. The number of aliphatic hydroxyl groups excluding tert-OH is 1. The van der Waals surface area contributed by atoms with Crippen molar-refractivity contribution in [1.29, 1.82) is 0 Å². The van der Waals surface area contributed by atoms with Gasteiger partial charge in [-0.15, -0.1) is 30.0 Å². The van der Waals surface area contributed by atoms with Gasteiger partial charge in [0.15, 0.2) is 0 Å². The van der Waals surface area contributed by atoms with Crippen LogP contribution in [-0.4, -0.2) is 65.4 Å². The molecule has 12 nitrogen and oxygen atoms in total. The Bertz CT molecular complexity index is 2150. The first-order valence-corrected chi connectivity index (χ1v) is 18.6. The van der Waals surface area contributed by atoms with Crippen LogP contribution in [0.1, 0.15) is 91.2 Å². The van der Waals surface area contributed by atoms with Crippen molar-refractivity contribution in [3.8, 4) is 11.4 Å². The zero-order chi connectivity index (χ0) is 38.6. The molecule has 0 amide bonds. The Morgan fingerprint density at radius 1 is 0.741 bits per heavy atom. The van der Waals surface area contributed by atoms with E-state index >= 15 is 0 Å². The van der Waals surface area contributed by atoms with Crippen molar-refractivity contribution in [3.63, 3.8) is 0 Å². The number of phenols is 1. The molecule has 1 unspecified atom stereocenters. The highest BCUT2D eigenvalue weighted by atomic mass is 16.5. The molecule has 0 radical (unpaired) electrons. The van der Waals surface area contributed by atoms with E-state index in [1.807, 2.05) is 87.5 Å². The molecule has 2 heterocycles. The largest absolute Gasteiger partial charge is 0.506 e. The first kappa shape index (κ1) is 38.2. The third-order valence-corrected chi connectivity index (χ3v) is 9.66. The Kier molecular flexibility index (Phi) is 11.2. The van der Waals surface area contributed by atoms with Crippen molar-refractivity contribution in [3.05, 3.63) is 89.2 Å². The SMILES string of the molecule is CC(C)(C)C1=C(O)C(n2nc3ccccc3n2)=CC(CCC(=O)OCCCCOC(=O)CCc2cc(-n3nc4ccccc4n3)c(O)c(C(C)(C)C)c2)C1. The highest BCUT2D eigenvalue weighted by Crippen LogP contribution is 2.41. The quantitative estimate of drug-likeness (QED) is 0.0894. The van der Waals surface area contributed by atoms with Gasteiger partial charge >= 0.3 is 11.9 Å². The van der Waals surface area contributed by atoms with Crippen LogP contribution in [0.4, 0.5) is 0 Å². The van der Waals surface area contributed by atoms with Crippen molar-refractivity contribution in [1.82, 2.24) is 30.0 Å². The fourth-order valence-corrected chi connectivity index (χ4v) is 6.63. The summed E-state index contributed by atoms with van der Waals surface area (Å²) >= 11 is 0. The molecule has 1 atom stereocenters. The van der Waals surface area contributed by atoms with Crippen LogP contribution in [0.2, 0.25) is 0 Å². The molecule has 5 aromatic rings. The lowest BCUT2D eigenvalue weighted by molar-refractivity contribution is -0.146. The van der Waals surface area contributed by atoms with E-state index in [9.17, 15) is 19.8 Å². The van der Waals surface area contributed by atoms with E-state index in [4.69, 9.17) is 9.47 Å². The molecular formula is C42H50N6O6. The van der Waals surface area contributed by atoms with Crippen LogP contribution in [-0.2, 0) is 30.9 Å². The maximum atomic E-state index is 12.7. The lowest BCUT2D eigenvalue weighted by atomic mass is 9.76. The third kappa shape index (κ3) is 8.98. The number of hydrogen-bond acceptors (Lipinski definition) is 10. The number of carbonyl (C=O) groups excluding carboxylic acids is 2. The predicted octanol–water partition coefficient (Wildman–Crippen LogP) is 8.17. The van der Waals surface area contributed by atoms with Gasteiger partial charge in [-0.2, -0.15) is 0 Å². The number of carbonyl (C=O) groups is 2. The van der Waals surface area contributed by atoms with Crippen molar-refractivity contribution in [2.45, 2.75) is 91.9 Å². The van der Waals surface area contributed by atoms with Gasteiger partial charge < -0.3 is 19.7 Å². The average molecular weight is 735 g/mol. The summed E-state index contributed by atoms with van der Waals surface area (Å²) in [7, 11) is 0. The molecule has 1 aliphatic carbocycles. The molecule has 284 valence electrons. The summed E-state index contributed by atoms with van der Waals surface area (Å²) in [5.74, 6) is -0.319. The Balaban J connectivity index is 0.950. The van der Waals surface area contributed by atoms with E-state index in [1.165, 1.54) is 9.59 Å². The Morgan fingerprint density at radius 2 is 1.26 bits per heavy atom. The first-order chi connectivity index (χ1) is 25.7. The van der Waals surface area contributed by atoms with Crippen LogP contribution in [0.25, 0.3) is 33.5 Å². The van der Waals surface area contributed by atoms with Crippen LogP contribution in [0, 0.1) is 11.3 Å². The van der Waals surface area contributed by atoms with Gasteiger partial charge in [-0.3, -0.25) is 9.59 Å². The monoisotopic (exact) mass is 734 g/mol. The molecule has 12 heteroatoms. The lowest BCUT2D eigenvalue weighted by Crippen LogP contribution is -2.22. The first-order valence-electron chi connectivity index (χ1n) is 18.6. The molecule has 0 bridgehead atoms. The van der Waals surface area contributed by atoms with Crippen LogP contribution in [0.15, 0.2) is 78.1 Å². The number of hydrogen-bond donors (Lipinski definition) is 2. The minimum Gasteiger partial charge on any atom is -0.506 e. The second-order valence-corrected chi connectivity index (χ2v) is 16.0. The number of fused-ring (bicyclic) bond motifs is 2. The lowest BCUT2D eigenvalue weighted by Gasteiger charge is -2.31. The summed E-state index contributed by atoms with van der Waals surface area (Å²) in [6.45, 7) is 12.7. The van der Waals surface area contributed by atoms with Gasteiger partial charge in [0.25, 0.3) is 0 Å². The highest BCUT2D eigenvalue weighted by molar-refractivity contribution is 5.76. The van der Waals surface area contributed by atoms with E-state index < -0.39 is 0 Å². The van der Waals surface area contributed by atoms with Gasteiger partial charge in [-0.25, -0.2) is 0 Å². The molecule has 2 N–H and O–H groups in total. The molecule has 0 fully saturated rings. The van der Waals surface area contributed by atoms with Crippen molar-refractivity contribution in [2.24, 2.45) is 11.3 Å². The summed E-state index contributed by atoms with van der Waals surface area (Å²) in [5, 5.41) is 40.7. The summed E-state index contributed by atoms with van der Waals surface area (Å²) in [4.78, 5) is 28.3. The molecule has 0 spiro atoms. The predicted molar refractivity (Wildman–Crippen MR) is 207 cm³/mol. The van der Waals surface area contributed by atoms with E-state index in [-0.39, 0.29) is 66.3 Å². The average Bonchev–Trinajstić information content (AvgIpc) is 3.76. The number of nitrogens with zero attached hydrogens (tertiary/aromatic N) is 6. The van der Waals surface area contributed by atoms with Crippen molar-refractivity contribution >= 4 is 39.7 Å². The van der Waals surface area contributed by atoms with Crippen LogP contribution < -0.4 is 0 Å². The molecule has 54 heavy (non-hydrogen) atoms. The van der Waals surface area contributed by atoms with Crippen LogP contribution >= 0.6 is 0 Å². The van der Waals surface area contributed by atoms with Gasteiger partial charge in [0.2, 0.25) is 0 Å². The second kappa shape index (κ2) is 15.8. The second-order valence-electron chi connectivity index (χ2n) is 16.0. The van der Waals surface area contributed by atoms with Crippen LogP contribution in [0.5, 0.6) is 5.75 Å². The number of ether oxygens (including phenoxy) is 2. The van der Waals surface area contributed by atoms with Crippen molar-refractivity contribution < 1.29 is 29.3 Å². The maximum absolute atomic E-state index is 12.7. The highest BCUT2D eigenvalue weighted by Gasteiger charge is 2.31. The topological polar surface area (TPSA) is 154 Å². The smallest absolute Gasteiger partial charge is 0.306 e. The molecule has 3 aromatic carbocycles. The number of benzene rings is 3. The number of rotatable bonds is 13. The molecule has 2 aromatic heterocycles. The molecule has 0 saturated carbocycles. The Labute approximate surface area is 315 Å². The minimum atomic E-state index is -0.354. The van der Waals surface area contributed by atoms with Crippen molar-refractivity contribution in [2.75, 3.05) is 13.2 Å². The summed E-state index contributed by atoms with van der Waals surface area (Å²) in [6.07, 6.45) is 5.10. The van der Waals surface area contributed by atoms with Gasteiger partial charge in [0.05, 0.1) is 13.2 Å². The number of unbranched alkanes of at least 4 members (excludes halogenated alkanes) is 1. The van der Waals surface area contributed by atoms with Gasteiger partial charge in [0.1, 0.15) is 45.0 Å². The number of aromatic hydroxyl groups is 1. The summed E-state index contributed by atoms with van der Waals surface area (Å²) in [6, 6.07) is 18.8. The number of aryl methyl sites for hydroxylation is 1. The molecule has 6 rings (SSSR count). The Morgan fingerprint density at radius 3 is 1.78 bits per heavy atom. The summed E-state index contributed by atoms with van der Waals surface area (Å²) < 4.78 is 11.0. The van der Waals surface area contributed by atoms with Gasteiger partial charge in [-0.1, -0.05) is 71.9 Å². The number of aromatic nitrogens is 6. The fourth-order valence-electron chi connectivity index (χ4n) is 6.63. The van der Waals surface area contributed by atoms with E-state index in [0.29, 0.717) is 43.5 Å². The standard InChI is InChI=1S/C42H50N6O6/c1-41(2,3)29-23-27(25-35(39(29)51)47-43-31-13-7-8-14-32(31)44-47)17-19-37(49)53-21-11-12-22-54-38(50)20-18-28-24-30(42(4,5)6)40(52)36(26-28)48-45-33-15-9-10-16-34(33)46-48/h7-10,13-16,23,25-26,28,51-52H,11-12,17-22,24H2,1-6H3. The summed E-state index contributed by atoms with van der Waals surface area (Å²) in [5.41, 5.74) is 5.77. The van der Waals surface area contributed by atoms with Gasteiger partial charge in [0, 0.05) is 18.4 Å². The third-order valence-electron chi connectivity index (χ3n) is 9.66. The molecular weight excluding hydrogens is 684 g/mol. The molecule has 0 aliphatic heterocycles. The zero-order valence-corrected chi connectivity index (χ0v) is 32.0. The number of phenolic OH excluding ortho intramolecular Hbond substituents is 1. The Hall–Kier alpha value is -5.52. The normalized spacial score (nSPS) is 15.1. The zero-order valence-electron chi connectivity index (χ0n) is 32.0. The number of esters is 2. The van der Waals surface area contributed by atoms with E-state index in [2.05, 4.69) is 41.2 Å². The number of allylic oxidation sites excluding steroid dienone is 3. The molecule has 0 saturated heterocycles. The van der Waals surface area contributed by atoms with E-state index in [1.54, 1.807) is 0 Å². The molecule has 1 aliphatic rings. The van der Waals surface area contributed by atoms with E-state index in [0.717, 1.165) is 38.8 Å². The maximum Gasteiger partial charge on any atom is 0.306 e. The van der Waals surface area contributed by atoms with Crippen LogP contribution in [0.3, 0.4) is 0 Å². The van der Waals surface area contributed by atoms with Gasteiger partial charge in [-0.05, 0) is 96.4 Å².